The van der Waals surface area contributed by atoms with E-state index in [1.165, 1.54) is 0 Å². The van der Waals surface area contributed by atoms with Crippen LogP contribution in [-0.2, 0) is 52.0 Å². The smallest absolute Gasteiger partial charge is 0 e. The Labute approximate surface area is 67.9 Å². The van der Waals surface area contributed by atoms with Gasteiger partial charge in [-0.15, -0.1) is 0 Å². The van der Waals surface area contributed by atoms with Crippen LogP contribution in [0, 0.1) is 0 Å². The molecule has 5 heteroatoms. The van der Waals surface area contributed by atoms with E-state index in [0.717, 1.165) is 0 Å². The molecule has 0 aromatic heterocycles. The van der Waals surface area contributed by atoms with Crippen LogP contribution in [0.25, 0.3) is 0 Å². The second-order valence-corrected chi connectivity index (χ2v) is 0. The van der Waals surface area contributed by atoms with Crippen molar-refractivity contribution < 1.29 is 62.2 Å². The summed E-state index contributed by atoms with van der Waals surface area (Å²) >= 11 is 0. The summed E-state index contributed by atoms with van der Waals surface area (Å²) in [6.07, 6.45) is 0. The van der Waals surface area contributed by atoms with Gasteiger partial charge in [-0.1, -0.05) is 0 Å². The second-order valence-electron chi connectivity index (χ2n) is 0. The predicted molar refractivity (Wildman–Crippen MR) is 11.1 cm³/mol. The molecule has 0 aromatic carbocycles. The zero-order valence-corrected chi connectivity index (χ0v) is 8.67. The van der Waals surface area contributed by atoms with E-state index in [9.17, 15) is 0 Å². The number of hydrogen-bond donors (Lipinski definition) is 1. The molecule has 0 aliphatic carbocycles. The summed E-state index contributed by atoms with van der Waals surface area (Å²) in [5.41, 5.74) is 0. The van der Waals surface area contributed by atoms with Gasteiger partial charge in [-0.05, 0) is 0 Å². The summed E-state index contributed by atoms with van der Waals surface area (Å²) < 4.78 is 0. The van der Waals surface area contributed by atoms with Gasteiger partial charge in [0.2, 0.25) is 0 Å². The molecule has 0 rings (SSSR count). The fourth-order valence-electron chi connectivity index (χ4n) is 0. The maximum atomic E-state index is 0. The average molecular weight is 325 g/mol. The summed E-state index contributed by atoms with van der Waals surface area (Å²) in [6.45, 7) is 0. The summed E-state index contributed by atoms with van der Waals surface area (Å²) in [5.74, 6) is 0. The zero-order chi connectivity index (χ0) is 0. The van der Waals surface area contributed by atoms with Gasteiger partial charge in [0.15, 0.2) is 0 Å². The van der Waals surface area contributed by atoms with Gasteiger partial charge in [-0.25, -0.2) is 0 Å². The fourth-order valence-corrected chi connectivity index (χ4v) is 0. The summed E-state index contributed by atoms with van der Waals surface area (Å²) in [7, 11) is 0. The van der Waals surface area contributed by atoms with Crippen LogP contribution in [0.5, 0.6) is 0 Å². The quantitative estimate of drug-likeness (QED) is 0.599. The van der Waals surface area contributed by atoms with Gasteiger partial charge in [-0.3, -0.25) is 4.70 Å². The summed E-state index contributed by atoms with van der Waals surface area (Å²) in [6, 6.07) is 0. The second kappa shape index (κ2) is 46.2. The molecule has 0 amide bonds. The Hall–Kier alpha value is 1.60. The zero-order valence-electron chi connectivity index (χ0n) is 2.62. The average Bonchev–Trinajstić information content (AvgIpc) is 0. The van der Waals surface area contributed by atoms with E-state index >= 15 is 0 Å². The molecule has 0 fully saturated rings. The first-order valence-electron chi connectivity index (χ1n) is 0. The minimum absolute atomic E-state index is 0. The predicted octanol–water partition coefficient (Wildman–Crippen LogP) is -0.515. The molecule has 0 aromatic rings. The maximum absolute atomic E-state index is 0. The standard InChI is InChI=1S/FH.Hf.H3N.H2O.Zr/h1H;;1H3;1H2;. The molecule has 0 bridgehead atoms. The number of rotatable bonds is 0. The third-order valence-electron chi connectivity index (χ3n) is 0. The van der Waals surface area contributed by atoms with Crippen molar-refractivity contribution in [3.8, 4) is 0 Å². The summed E-state index contributed by atoms with van der Waals surface area (Å²) in [4.78, 5) is 0. The Kier molecular flexibility index (Phi) is 745. The molecule has 0 atom stereocenters. The normalized spacial score (nSPS) is 0. The van der Waals surface area contributed by atoms with E-state index in [0.29, 0.717) is 0 Å². The van der Waals surface area contributed by atoms with Crippen molar-refractivity contribution in [3.05, 3.63) is 0 Å². The first-order valence-corrected chi connectivity index (χ1v) is 0. The first kappa shape index (κ1) is 80.7. The first-order chi connectivity index (χ1) is 0. The van der Waals surface area contributed by atoms with Crippen molar-refractivity contribution in [3.63, 3.8) is 0 Å². The van der Waals surface area contributed by atoms with Crippen LogP contribution >= 0.6 is 0 Å². The molecule has 0 unspecified atom stereocenters. The Morgan fingerprint density at radius 3 is 1.00 bits per heavy atom. The molecular formula is H6FHfNOZr. The van der Waals surface area contributed by atoms with E-state index in [2.05, 4.69) is 0 Å². The SMILES string of the molecule is F.N.O.[Hf].[Zr]. The van der Waals surface area contributed by atoms with Gasteiger partial charge >= 0.3 is 0 Å². The molecule has 0 saturated carbocycles. The van der Waals surface area contributed by atoms with Crippen molar-refractivity contribution in [2.24, 2.45) is 0 Å². The van der Waals surface area contributed by atoms with Crippen LogP contribution in [0.15, 0.2) is 0 Å². The third kappa shape index (κ3) is 28.3. The Bertz CT molecular complexity index is 11.6. The topological polar surface area (TPSA) is 66.5 Å². The van der Waals surface area contributed by atoms with Gasteiger partial charge in [0.05, 0.1) is 0 Å². The van der Waals surface area contributed by atoms with Crippen molar-refractivity contribution in [1.29, 1.82) is 0 Å². The maximum Gasteiger partial charge on any atom is 0 e. The number of halogens is 1. The number of hydrogen-bond acceptors (Lipinski definition) is 1. The van der Waals surface area contributed by atoms with Gasteiger partial charge in [-0.2, -0.15) is 0 Å². The van der Waals surface area contributed by atoms with Crippen LogP contribution in [0.1, 0.15) is 0 Å². The fraction of sp³-hybridized carbons (Fsp3) is 0. The molecule has 5 N–H and O–H groups in total. The van der Waals surface area contributed by atoms with Crippen LogP contribution in [0.3, 0.4) is 0 Å². The van der Waals surface area contributed by atoms with Crippen molar-refractivity contribution in [2.45, 2.75) is 0 Å². The molecule has 5 heavy (non-hydrogen) atoms. The van der Waals surface area contributed by atoms with Crippen LogP contribution in [0.4, 0.5) is 4.70 Å². The Morgan fingerprint density at radius 1 is 1.00 bits per heavy atom. The van der Waals surface area contributed by atoms with E-state index < -0.39 is 0 Å². The molecule has 0 aliphatic rings. The molecular weight excluding hydrogens is 319 g/mol. The van der Waals surface area contributed by atoms with Gasteiger partial charge in [0.1, 0.15) is 0 Å². The van der Waals surface area contributed by atoms with E-state index in [1.807, 2.05) is 0 Å². The molecule has 0 heterocycles. The Balaban J connectivity index is 0. The van der Waals surface area contributed by atoms with Crippen molar-refractivity contribution >= 4 is 0 Å². The minimum Gasteiger partial charge on any atom is -0.412 e. The third-order valence-corrected chi connectivity index (χ3v) is 0. The molecule has 0 spiro atoms. The van der Waals surface area contributed by atoms with E-state index in [4.69, 9.17) is 0 Å². The van der Waals surface area contributed by atoms with Crippen LogP contribution < -0.4 is 6.15 Å². The summed E-state index contributed by atoms with van der Waals surface area (Å²) in [5, 5.41) is 0. The molecule has 32 valence electrons. The molecule has 0 saturated heterocycles. The molecule has 0 radical (unpaired) electrons. The minimum atomic E-state index is 0. The van der Waals surface area contributed by atoms with Gasteiger partial charge < -0.3 is 11.6 Å². The Morgan fingerprint density at radius 2 is 1.00 bits per heavy atom. The largest absolute Gasteiger partial charge is 0.412 e. The van der Waals surface area contributed by atoms with Crippen LogP contribution in [0.2, 0.25) is 0 Å². The molecule has 2 nitrogen and oxygen atoms in total. The van der Waals surface area contributed by atoms with E-state index in [-0.39, 0.29) is 68.4 Å². The van der Waals surface area contributed by atoms with Crippen LogP contribution in [-0.4, -0.2) is 5.48 Å². The monoisotopic (exact) mass is 325 g/mol. The van der Waals surface area contributed by atoms with Crippen molar-refractivity contribution in [2.75, 3.05) is 0 Å². The van der Waals surface area contributed by atoms with Gasteiger partial charge in [0.25, 0.3) is 0 Å². The van der Waals surface area contributed by atoms with Gasteiger partial charge in [0, 0.05) is 52.0 Å². The van der Waals surface area contributed by atoms with E-state index in [1.54, 1.807) is 0 Å². The molecule has 0 aliphatic heterocycles. The van der Waals surface area contributed by atoms with Crippen molar-refractivity contribution in [1.82, 2.24) is 6.15 Å².